The van der Waals surface area contributed by atoms with E-state index in [0.29, 0.717) is 11.1 Å². The number of hydrogen-bond acceptors (Lipinski definition) is 2. The summed E-state index contributed by atoms with van der Waals surface area (Å²) in [4.78, 5) is 13.2. The Morgan fingerprint density at radius 1 is 0.957 bits per heavy atom. The van der Waals surface area contributed by atoms with E-state index in [1.165, 1.54) is 13.1 Å². The molecule has 2 rings (SSSR count). The van der Waals surface area contributed by atoms with Gasteiger partial charge in [-0.15, -0.1) is 0 Å². The van der Waals surface area contributed by atoms with Crippen LogP contribution in [0.4, 0.5) is 8.63 Å². The molecule has 2 nitrogen and oxygen atoms in total. The summed E-state index contributed by atoms with van der Waals surface area (Å²) in [6, 6.07) is 14.1. The lowest BCUT2D eigenvalue weighted by molar-refractivity contribution is 0.104. The fraction of sp³-hybridized carbons (Fsp3) is 0.0625. The van der Waals surface area contributed by atoms with E-state index in [1.54, 1.807) is 24.3 Å². The zero-order chi connectivity index (χ0) is 17.0. The lowest BCUT2D eigenvalue weighted by Crippen LogP contribution is -2.27. The fourth-order valence-electron chi connectivity index (χ4n) is 1.94. The van der Waals surface area contributed by atoms with E-state index in [-0.39, 0.29) is 11.5 Å². The Balaban J connectivity index is 2.41. The number of carbonyl (C=O) groups is 1. The second-order valence-corrected chi connectivity index (χ2v) is 7.29. The van der Waals surface area contributed by atoms with Gasteiger partial charge in [0, 0.05) is 24.5 Å². The van der Waals surface area contributed by atoms with E-state index in [2.05, 4.69) is 45.2 Å². The minimum absolute atomic E-state index is 0.194. The monoisotopic (exact) mass is 537 g/mol. The molecule has 0 aromatic heterocycles. The molecule has 2 aromatic rings. The predicted molar refractivity (Wildman–Crippen MR) is 106 cm³/mol. The highest BCUT2D eigenvalue weighted by atomic mass is 127. The molecule has 0 unspecified atom stereocenters. The average molecular weight is 537 g/mol. The van der Waals surface area contributed by atoms with E-state index in [9.17, 15) is 13.4 Å². The fourth-order valence-corrected chi connectivity index (χ4v) is 2.66. The SMILES string of the molecule is CN(B(F)F)/C(=C\C(=O)c1ccc(I)cc1)c1ccc(I)cc1. The predicted octanol–water partition coefficient (Wildman–Crippen LogP) is 4.98. The van der Waals surface area contributed by atoms with Crippen LogP contribution in [0.3, 0.4) is 0 Å². The molecule has 2 aromatic carbocycles. The number of hydrogen-bond donors (Lipinski definition) is 0. The molecular weight excluding hydrogens is 525 g/mol. The van der Waals surface area contributed by atoms with Gasteiger partial charge in [0.2, 0.25) is 0 Å². The van der Waals surface area contributed by atoms with Crippen molar-refractivity contribution >= 4 is 64.1 Å². The Morgan fingerprint density at radius 3 is 1.83 bits per heavy atom. The summed E-state index contributed by atoms with van der Waals surface area (Å²) in [6.07, 6.45) is 1.26. The van der Waals surface area contributed by atoms with Gasteiger partial charge in [-0.3, -0.25) is 13.4 Å². The molecule has 0 aliphatic heterocycles. The van der Waals surface area contributed by atoms with Crippen molar-refractivity contribution in [2.24, 2.45) is 0 Å². The highest BCUT2D eigenvalue weighted by Gasteiger charge is 2.25. The van der Waals surface area contributed by atoms with Gasteiger partial charge in [0.05, 0.1) is 0 Å². The normalized spacial score (nSPS) is 11.3. The summed E-state index contributed by atoms with van der Waals surface area (Å²) in [5.74, 6) is -0.303. The van der Waals surface area contributed by atoms with Crippen LogP contribution in [0.25, 0.3) is 5.70 Å². The van der Waals surface area contributed by atoms with Gasteiger partial charge in [0.25, 0.3) is 0 Å². The molecule has 0 fully saturated rings. The quantitative estimate of drug-likeness (QED) is 0.233. The zero-order valence-electron chi connectivity index (χ0n) is 12.1. The second kappa shape index (κ2) is 8.23. The van der Waals surface area contributed by atoms with Crippen LogP contribution in [0.1, 0.15) is 15.9 Å². The van der Waals surface area contributed by atoms with Gasteiger partial charge in [0.15, 0.2) is 5.78 Å². The minimum atomic E-state index is -2.69. The molecule has 0 aliphatic carbocycles. The maximum atomic E-state index is 13.1. The van der Waals surface area contributed by atoms with Crippen LogP contribution in [-0.4, -0.2) is 25.0 Å². The van der Waals surface area contributed by atoms with Crippen molar-refractivity contribution in [1.29, 1.82) is 0 Å². The Bertz CT molecular complexity index is 718. The molecule has 0 saturated heterocycles. The van der Waals surface area contributed by atoms with Gasteiger partial charge < -0.3 is 4.81 Å². The number of allylic oxidation sites excluding steroid dienone is 1. The summed E-state index contributed by atoms with van der Waals surface area (Å²) in [7, 11) is -1.42. The number of halogens is 4. The summed E-state index contributed by atoms with van der Waals surface area (Å²) in [5, 5.41) is 0. The van der Waals surface area contributed by atoms with Crippen LogP contribution >= 0.6 is 45.2 Å². The number of nitrogens with zero attached hydrogens (tertiary/aromatic N) is 1. The van der Waals surface area contributed by atoms with Crippen LogP contribution in [0.15, 0.2) is 54.6 Å². The number of rotatable bonds is 5. The first-order valence-electron chi connectivity index (χ1n) is 6.67. The van der Waals surface area contributed by atoms with Gasteiger partial charge >= 0.3 is 7.40 Å². The Labute approximate surface area is 161 Å². The zero-order valence-corrected chi connectivity index (χ0v) is 16.5. The molecule has 0 N–H and O–H groups in total. The van der Waals surface area contributed by atoms with Crippen molar-refractivity contribution in [3.8, 4) is 0 Å². The first-order chi connectivity index (χ1) is 10.9. The van der Waals surface area contributed by atoms with Crippen LogP contribution in [0, 0.1) is 7.14 Å². The van der Waals surface area contributed by atoms with Crippen molar-refractivity contribution in [2.45, 2.75) is 0 Å². The third-order valence-electron chi connectivity index (χ3n) is 3.21. The molecule has 0 bridgehead atoms. The molecule has 0 heterocycles. The van der Waals surface area contributed by atoms with Gasteiger partial charge in [-0.1, -0.05) is 24.3 Å². The van der Waals surface area contributed by atoms with E-state index in [4.69, 9.17) is 0 Å². The maximum absolute atomic E-state index is 13.1. The lowest BCUT2D eigenvalue weighted by atomic mass is 10.0. The average Bonchev–Trinajstić information content (AvgIpc) is 2.53. The number of benzene rings is 2. The Hall–Kier alpha value is -0.965. The van der Waals surface area contributed by atoms with Crippen LogP contribution in [0.2, 0.25) is 0 Å². The number of carbonyl (C=O) groups excluding carboxylic acids is 1. The summed E-state index contributed by atoms with van der Waals surface area (Å²) >= 11 is 4.28. The van der Waals surface area contributed by atoms with Crippen molar-refractivity contribution in [3.05, 3.63) is 72.9 Å². The molecule has 118 valence electrons. The Kier molecular flexibility index (Phi) is 6.57. The molecule has 0 spiro atoms. The smallest absolute Gasteiger partial charge is 0.359 e. The largest absolute Gasteiger partial charge is 0.673 e. The van der Waals surface area contributed by atoms with Gasteiger partial charge in [0.1, 0.15) is 0 Å². The third-order valence-corrected chi connectivity index (χ3v) is 4.65. The van der Waals surface area contributed by atoms with Gasteiger partial charge in [-0.25, -0.2) is 0 Å². The summed E-state index contributed by atoms with van der Waals surface area (Å²) < 4.78 is 28.2. The summed E-state index contributed by atoms with van der Waals surface area (Å²) in [6.45, 7) is 0. The van der Waals surface area contributed by atoms with Crippen molar-refractivity contribution in [3.63, 3.8) is 0 Å². The van der Waals surface area contributed by atoms with E-state index >= 15 is 0 Å². The molecule has 0 amide bonds. The molecule has 23 heavy (non-hydrogen) atoms. The maximum Gasteiger partial charge on any atom is 0.673 e. The highest BCUT2D eigenvalue weighted by Crippen LogP contribution is 2.22. The number of ketones is 1. The van der Waals surface area contributed by atoms with E-state index in [0.717, 1.165) is 12.0 Å². The lowest BCUT2D eigenvalue weighted by Gasteiger charge is -2.20. The molecular formula is C16H12BF2I2NO. The minimum Gasteiger partial charge on any atom is -0.359 e. The standard InChI is InChI=1S/C16H12BF2I2NO/c1-22(17(18)19)15(11-2-6-13(20)7-3-11)10-16(23)12-4-8-14(21)9-5-12/h2-10H,1H3/b15-10-. The van der Waals surface area contributed by atoms with Crippen LogP contribution in [0.5, 0.6) is 0 Å². The van der Waals surface area contributed by atoms with Crippen molar-refractivity contribution in [1.82, 2.24) is 4.81 Å². The highest BCUT2D eigenvalue weighted by molar-refractivity contribution is 14.1. The first kappa shape index (κ1) is 18.4. The third kappa shape index (κ3) is 5.00. The molecule has 0 atom stereocenters. The second-order valence-electron chi connectivity index (χ2n) is 4.80. The molecule has 7 heteroatoms. The van der Waals surface area contributed by atoms with Gasteiger partial charge in [-0.2, -0.15) is 0 Å². The van der Waals surface area contributed by atoms with Gasteiger partial charge in [-0.05, 0) is 82.1 Å². The van der Waals surface area contributed by atoms with Crippen LogP contribution in [-0.2, 0) is 0 Å². The Morgan fingerprint density at radius 2 is 1.39 bits per heavy atom. The molecule has 0 radical (unpaired) electrons. The van der Waals surface area contributed by atoms with Crippen molar-refractivity contribution in [2.75, 3.05) is 7.05 Å². The van der Waals surface area contributed by atoms with E-state index in [1.807, 2.05) is 24.3 Å². The van der Waals surface area contributed by atoms with Crippen molar-refractivity contribution < 1.29 is 13.4 Å². The first-order valence-corrected chi connectivity index (χ1v) is 8.83. The van der Waals surface area contributed by atoms with Crippen LogP contribution < -0.4 is 0 Å². The molecule has 0 aliphatic rings. The summed E-state index contributed by atoms with van der Waals surface area (Å²) in [5.41, 5.74) is 1.24. The molecule has 0 saturated carbocycles. The van der Waals surface area contributed by atoms with E-state index < -0.39 is 7.40 Å². The topological polar surface area (TPSA) is 20.3 Å².